The molecule has 4 rings (SSSR count). The number of guanidine groups is 1. The van der Waals surface area contributed by atoms with Gasteiger partial charge in [-0.05, 0) is 31.0 Å². The molecule has 6 nitrogen and oxygen atoms in total. The number of fused-ring (bicyclic) bond motifs is 1. The number of para-hydroxylation sites is 1. The second-order valence-electron chi connectivity index (χ2n) is 7.36. The van der Waals surface area contributed by atoms with Gasteiger partial charge in [-0.3, -0.25) is 14.7 Å². The highest BCUT2D eigenvalue weighted by atomic mass is 15.3. The van der Waals surface area contributed by atoms with Crippen LogP contribution in [-0.2, 0) is 13.5 Å². The van der Waals surface area contributed by atoms with Crippen molar-refractivity contribution in [1.29, 1.82) is 0 Å². The predicted molar refractivity (Wildman–Crippen MR) is 114 cm³/mol. The van der Waals surface area contributed by atoms with Crippen LogP contribution >= 0.6 is 0 Å². The molecule has 1 aliphatic heterocycles. The van der Waals surface area contributed by atoms with Crippen molar-refractivity contribution in [3.8, 4) is 0 Å². The van der Waals surface area contributed by atoms with E-state index in [2.05, 4.69) is 52.7 Å². The van der Waals surface area contributed by atoms with Crippen LogP contribution in [0.5, 0.6) is 0 Å². The van der Waals surface area contributed by atoms with Crippen molar-refractivity contribution in [2.75, 3.05) is 26.2 Å². The Morgan fingerprint density at radius 2 is 2.14 bits per heavy atom. The summed E-state index contributed by atoms with van der Waals surface area (Å²) in [6.45, 7) is 5.75. The van der Waals surface area contributed by atoms with Gasteiger partial charge in [0.15, 0.2) is 5.96 Å². The topological polar surface area (TPSA) is 58.3 Å². The Kier molecular flexibility index (Phi) is 5.55. The summed E-state index contributed by atoms with van der Waals surface area (Å²) >= 11 is 0. The van der Waals surface area contributed by atoms with Crippen LogP contribution in [0.25, 0.3) is 10.9 Å². The molecule has 1 unspecified atom stereocenters. The van der Waals surface area contributed by atoms with Gasteiger partial charge in [0.2, 0.25) is 0 Å². The zero-order valence-corrected chi connectivity index (χ0v) is 16.7. The molecule has 1 saturated heterocycles. The van der Waals surface area contributed by atoms with E-state index in [1.54, 1.807) is 0 Å². The van der Waals surface area contributed by atoms with Crippen LogP contribution in [0.15, 0.2) is 53.8 Å². The third kappa shape index (κ3) is 4.16. The Hall–Kier alpha value is -2.89. The van der Waals surface area contributed by atoms with Crippen molar-refractivity contribution >= 4 is 16.9 Å². The van der Waals surface area contributed by atoms with Crippen LogP contribution in [0.2, 0.25) is 0 Å². The van der Waals surface area contributed by atoms with Gasteiger partial charge in [-0.25, -0.2) is 0 Å². The third-order valence-electron chi connectivity index (χ3n) is 5.30. The van der Waals surface area contributed by atoms with Gasteiger partial charge in [-0.15, -0.1) is 0 Å². The molecule has 28 heavy (non-hydrogen) atoms. The number of hydrogen-bond donors (Lipinski definition) is 1. The molecule has 0 spiro atoms. The molecule has 1 fully saturated rings. The maximum absolute atomic E-state index is 4.87. The molecule has 0 radical (unpaired) electrons. The molecule has 0 bridgehead atoms. The number of pyridine rings is 1. The standard InChI is InChI=1S/C22H28N6/c1-3-23-22(28-13-11-18(16-28)19-14-25-27(2)15-19)24-12-10-20-9-8-17-6-4-5-7-21(17)26-20/h4-9,14-15,18H,3,10-13,16H2,1-2H3,(H,23,24). The molecule has 0 saturated carbocycles. The smallest absolute Gasteiger partial charge is 0.193 e. The molecule has 0 aliphatic carbocycles. The highest BCUT2D eigenvalue weighted by molar-refractivity contribution is 5.80. The number of nitrogens with one attached hydrogen (secondary N) is 1. The van der Waals surface area contributed by atoms with Gasteiger partial charge in [0, 0.05) is 62.8 Å². The SMILES string of the molecule is CCNC(=NCCc1ccc2ccccc2n1)N1CCC(c2cnn(C)c2)C1. The average molecular weight is 377 g/mol. The summed E-state index contributed by atoms with van der Waals surface area (Å²) in [5, 5.41) is 8.95. The van der Waals surface area contributed by atoms with Crippen LogP contribution in [0.4, 0.5) is 0 Å². The number of likely N-dealkylation sites (tertiary alicyclic amines) is 1. The Labute approximate surface area is 166 Å². The Morgan fingerprint density at radius 1 is 1.25 bits per heavy atom. The summed E-state index contributed by atoms with van der Waals surface area (Å²) in [5.41, 5.74) is 3.46. The number of aromatic nitrogens is 3. The fraction of sp³-hybridized carbons (Fsp3) is 0.409. The summed E-state index contributed by atoms with van der Waals surface area (Å²) in [7, 11) is 1.97. The van der Waals surface area contributed by atoms with Gasteiger partial charge in [-0.1, -0.05) is 24.3 Å². The van der Waals surface area contributed by atoms with Crippen LogP contribution in [0, 0.1) is 0 Å². The normalized spacial score (nSPS) is 17.4. The first-order valence-corrected chi connectivity index (χ1v) is 10.1. The van der Waals surface area contributed by atoms with Crippen molar-refractivity contribution in [3.05, 3.63) is 60.0 Å². The van der Waals surface area contributed by atoms with Crippen molar-refractivity contribution in [1.82, 2.24) is 25.0 Å². The molecule has 1 N–H and O–H groups in total. The summed E-state index contributed by atoms with van der Waals surface area (Å²) in [4.78, 5) is 12.0. The molecule has 146 valence electrons. The zero-order chi connectivity index (χ0) is 19.3. The second kappa shape index (κ2) is 8.42. The lowest BCUT2D eigenvalue weighted by molar-refractivity contribution is 0.486. The summed E-state index contributed by atoms with van der Waals surface area (Å²) < 4.78 is 1.88. The lowest BCUT2D eigenvalue weighted by atomic mass is 10.0. The summed E-state index contributed by atoms with van der Waals surface area (Å²) in [6, 6.07) is 12.5. The van der Waals surface area contributed by atoms with Crippen molar-refractivity contribution < 1.29 is 0 Å². The number of benzene rings is 1. The molecule has 1 atom stereocenters. The molecular formula is C22H28N6. The fourth-order valence-corrected chi connectivity index (χ4v) is 3.83. The minimum atomic E-state index is 0.528. The van der Waals surface area contributed by atoms with Crippen LogP contribution in [-0.4, -0.2) is 51.8 Å². The first-order chi connectivity index (χ1) is 13.7. The Morgan fingerprint density at radius 3 is 2.96 bits per heavy atom. The van der Waals surface area contributed by atoms with E-state index in [-0.39, 0.29) is 0 Å². The maximum Gasteiger partial charge on any atom is 0.193 e. The van der Waals surface area contributed by atoms with E-state index >= 15 is 0 Å². The zero-order valence-electron chi connectivity index (χ0n) is 16.7. The predicted octanol–water partition coefficient (Wildman–Crippen LogP) is 2.97. The van der Waals surface area contributed by atoms with Crippen molar-refractivity contribution in [2.24, 2.45) is 12.0 Å². The van der Waals surface area contributed by atoms with E-state index in [4.69, 9.17) is 9.98 Å². The van der Waals surface area contributed by atoms with Gasteiger partial charge in [0.05, 0.1) is 11.7 Å². The van der Waals surface area contributed by atoms with Crippen molar-refractivity contribution in [2.45, 2.75) is 25.7 Å². The number of aliphatic imine (C=N–C) groups is 1. The molecule has 6 heteroatoms. The van der Waals surface area contributed by atoms with E-state index in [0.29, 0.717) is 5.92 Å². The van der Waals surface area contributed by atoms with Crippen LogP contribution in [0.1, 0.15) is 30.5 Å². The minimum absolute atomic E-state index is 0.528. The van der Waals surface area contributed by atoms with Crippen molar-refractivity contribution in [3.63, 3.8) is 0 Å². The molecule has 2 aromatic heterocycles. The quantitative estimate of drug-likeness (QED) is 0.549. The second-order valence-corrected chi connectivity index (χ2v) is 7.36. The monoisotopic (exact) mass is 376 g/mol. The van der Waals surface area contributed by atoms with Gasteiger partial charge < -0.3 is 10.2 Å². The first kappa shape index (κ1) is 18.5. The largest absolute Gasteiger partial charge is 0.357 e. The van der Waals surface area contributed by atoms with Crippen LogP contribution < -0.4 is 5.32 Å². The van der Waals surface area contributed by atoms with Gasteiger partial charge >= 0.3 is 0 Å². The number of nitrogens with zero attached hydrogens (tertiary/aromatic N) is 5. The maximum atomic E-state index is 4.87. The van der Waals surface area contributed by atoms with Gasteiger partial charge in [0.1, 0.15) is 0 Å². The number of rotatable bonds is 5. The highest BCUT2D eigenvalue weighted by Crippen LogP contribution is 2.26. The van der Waals surface area contributed by atoms with E-state index in [1.807, 2.05) is 30.1 Å². The lowest BCUT2D eigenvalue weighted by Crippen LogP contribution is -2.40. The third-order valence-corrected chi connectivity index (χ3v) is 5.30. The molecule has 1 aromatic carbocycles. The van der Waals surface area contributed by atoms with E-state index in [1.165, 1.54) is 10.9 Å². The van der Waals surface area contributed by atoms with E-state index in [0.717, 1.165) is 56.2 Å². The highest BCUT2D eigenvalue weighted by Gasteiger charge is 2.26. The Bertz CT molecular complexity index is 960. The molecule has 3 aromatic rings. The molecule has 1 aliphatic rings. The first-order valence-electron chi connectivity index (χ1n) is 10.1. The molecule has 3 heterocycles. The lowest BCUT2D eigenvalue weighted by Gasteiger charge is -2.21. The number of hydrogen-bond acceptors (Lipinski definition) is 3. The molecular weight excluding hydrogens is 348 g/mol. The van der Waals surface area contributed by atoms with E-state index < -0.39 is 0 Å². The minimum Gasteiger partial charge on any atom is -0.357 e. The van der Waals surface area contributed by atoms with Gasteiger partial charge in [-0.2, -0.15) is 5.10 Å². The Balaban J connectivity index is 1.40. The summed E-state index contributed by atoms with van der Waals surface area (Å²) in [5.74, 6) is 1.54. The molecule has 0 amide bonds. The summed E-state index contributed by atoms with van der Waals surface area (Å²) in [6.07, 6.45) is 6.11. The van der Waals surface area contributed by atoms with Gasteiger partial charge in [0.25, 0.3) is 0 Å². The van der Waals surface area contributed by atoms with E-state index in [9.17, 15) is 0 Å². The average Bonchev–Trinajstić information content (AvgIpc) is 3.36. The number of aryl methyl sites for hydroxylation is 1. The fourth-order valence-electron chi connectivity index (χ4n) is 3.83. The van der Waals surface area contributed by atoms with Crippen LogP contribution in [0.3, 0.4) is 0 Å².